The van der Waals surface area contributed by atoms with E-state index in [1.54, 1.807) is 6.26 Å². The maximum atomic E-state index is 5.91. The maximum absolute atomic E-state index is 5.91. The standard InChI is InChI=1S/C20H21N5O2/c1-12-6-7-16-15(9-12)18-22-23-19(17-5-4-8-26-17)25(18)20(21-16)24-10-13(2)27-14(3)11-24/h4-9,13-14H,10-11H2,1-3H3. The first-order valence-corrected chi connectivity index (χ1v) is 9.20. The van der Waals surface area contributed by atoms with Gasteiger partial charge in [-0.15, -0.1) is 10.2 Å². The number of furan rings is 1. The smallest absolute Gasteiger partial charge is 0.214 e. The SMILES string of the molecule is Cc1ccc2nc(N3CC(C)OC(C)C3)n3c(-c4ccco4)nnc3c2c1. The maximum Gasteiger partial charge on any atom is 0.214 e. The molecule has 3 aromatic heterocycles. The van der Waals surface area contributed by atoms with E-state index in [4.69, 9.17) is 14.1 Å². The lowest BCUT2D eigenvalue weighted by Gasteiger charge is -2.36. The van der Waals surface area contributed by atoms with E-state index < -0.39 is 0 Å². The van der Waals surface area contributed by atoms with Crippen LogP contribution in [0.25, 0.3) is 28.1 Å². The molecule has 1 fully saturated rings. The molecule has 5 rings (SSSR count). The van der Waals surface area contributed by atoms with Gasteiger partial charge in [-0.1, -0.05) is 11.6 Å². The largest absolute Gasteiger partial charge is 0.461 e. The number of hydrogen-bond acceptors (Lipinski definition) is 6. The van der Waals surface area contributed by atoms with Crippen LogP contribution in [0.15, 0.2) is 41.0 Å². The lowest BCUT2D eigenvalue weighted by atomic mass is 10.1. The number of anilines is 1. The van der Waals surface area contributed by atoms with Crippen LogP contribution < -0.4 is 4.90 Å². The highest BCUT2D eigenvalue weighted by molar-refractivity contribution is 5.93. The predicted molar refractivity (Wildman–Crippen MR) is 103 cm³/mol. The molecule has 2 atom stereocenters. The van der Waals surface area contributed by atoms with Crippen LogP contribution in [0.5, 0.6) is 0 Å². The van der Waals surface area contributed by atoms with E-state index in [1.807, 2.05) is 22.6 Å². The highest BCUT2D eigenvalue weighted by atomic mass is 16.5. The van der Waals surface area contributed by atoms with Crippen molar-refractivity contribution in [3.05, 3.63) is 42.2 Å². The van der Waals surface area contributed by atoms with Crippen LogP contribution in [-0.2, 0) is 4.74 Å². The summed E-state index contributed by atoms with van der Waals surface area (Å²) in [6, 6.07) is 9.97. The average Bonchev–Trinajstić information content (AvgIpc) is 3.30. The first kappa shape index (κ1) is 16.3. The minimum Gasteiger partial charge on any atom is -0.461 e. The monoisotopic (exact) mass is 363 g/mol. The zero-order valence-electron chi connectivity index (χ0n) is 15.6. The molecule has 7 heteroatoms. The zero-order chi connectivity index (χ0) is 18.5. The fraction of sp³-hybridized carbons (Fsp3) is 0.350. The van der Waals surface area contributed by atoms with Gasteiger partial charge in [-0.2, -0.15) is 0 Å². The van der Waals surface area contributed by atoms with Crippen molar-refractivity contribution in [2.75, 3.05) is 18.0 Å². The van der Waals surface area contributed by atoms with Crippen molar-refractivity contribution in [3.8, 4) is 11.6 Å². The second-order valence-electron chi connectivity index (χ2n) is 7.25. The van der Waals surface area contributed by atoms with E-state index in [2.05, 4.69) is 48.0 Å². The normalized spacial score (nSPS) is 20.6. The molecule has 0 amide bonds. The predicted octanol–water partition coefficient (Wildman–Crippen LogP) is 3.46. The summed E-state index contributed by atoms with van der Waals surface area (Å²) in [6.45, 7) is 7.77. The fourth-order valence-electron chi connectivity index (χ4n) is 3.85. The summed E-state index contributed by atoms with van der Waals surface area (Å²) in [4.78, 5) is 7.24. The summed E-state index contributed by atoms with van der Waals surface area (Å²) < 4.78 is 13.5. The van der Waals surface area contributed by atoms with Crippen molar-refractivity contribution in [2.45, 2.75) is 33.0 Å². The van der Waals surface area contributed by atoms with Gasteiger partial charge in [0.25, 0.3) is 0 Å². The molecule has 0 saturated carbocycles. The van der Waals surface area contributed by atoms with Crippen molar-refractivity contribution in [3.63, 3.8) is 0 Å². The molecule has 1 saturated heterocycles. The fourth-order valence-corrected chi connectivity index (χ4v) is 3.85. The number of hydrogen-bond donors (Lipinski definition) is 0. The van der Waals surface area contributed by atoms with E-state index in [0.29, 0.717) is 11.6 Å². The summed E-state index contributed by atoms with van der Waals surface area (Å²) in [6.07, 6.45) is 1.90. The molecule has 4 aromatic rings. The van der Waals surface area contributed by atoms with Crippen molar-refractivity contribution in [1.29, 1.82) is 0 Å². The van der Waals surface area contributed by atoms with Gasteiger partial charge in [0.1, 0.15) is 0 Å². The highest BCUT2D eigenvalue weighted by Crippen LogP contribution is 2.30. The van der Waals surface area contributed by atoms with E-state index >= 15 is 0 Å². The average molecular weight is 363 g/mol. The molecule has 0 N–H and O–H groups in total. The zero-order valence-corrected chi connectivity index (χ0v) is 15.6. The van der Waals surface area contributed by atoms with E-state index in [1.165, 1.54) is 0 Å². The number of morpholine rings is 1. The van der Waals surface area contributed by atoms with Gasteiger partial charge in [-0.25, -0.2) is 9.38 Å². The Hall–Kier alpha value is -2.93. The van der Waals surface area contributed by atoms with Crippen LogP contribution in [0, 0.1) is 6.92 Å². The van der Waals surface area contributed by atoms with Crippen LogP contribution in [0.3, 0.4) is 0 Å². The summed E-state index contributed by atoms with van der Waals surface area (Å²) in [5, 5.41) is 9.91. The molecular formula is C20H21N5O2. The Morgan fingerprint density at radius 2 is 1.89 bits per heavy atom. The van der Waals surface area contributed by atoms with Gasteiger partial charge in [0.2, 0.25) is 11.8 Å². The minimum atomic E-state index is 0.128. The van der Waals surface area contributed by atoms with Crippen LogP contribution in [0.2, 0.25) is 0 Å². The van der Waals surface area contributed by atoms with Gasteiger partial charge in [-0.3, -0.25) is 0 Å². The molecule has 138 valence electrons. The van der Waals surface area contributed by atoms with E-state index in [-0.39, 0.29) is 12.2 Å². The number of aromatic nitrogens is 4. The second kappa shape index (κ2) is 6.06. The summed E-state index contributed by atoms with van der Waals surface area (Å²) in [5.41, 5.74) is 2.86. The molecule has 0 radical (unpaired) electrons. The summed E-state index contributed by atoms with van der Waals surface area (Å²) >= 11 is 0. The third-order valence-corrected chi connectivity index (χ3v) is 4.92. The number of fused-ring (bicyclic) bond motifs is 3. The lowest BCUT2D eigenvalue weighted by molar-refractivity contribution is -0.00576. The molecule has 0 aliphatic carbocycles. The Morgan fingerprint density at radius 3 is 2.63 bits per heavy atom. The van der Waals surface area contributed by atoms with Crippen LogP contribution in [0.1, 0.15) is 19.4 Å². The Kier molecular flexibility index (Phi) is 3.65. The Morgan fingerprint density at radius 1 is 1.07 bits per heavy atom. The quantitative estimate of drug-likeness (QED) is 0.543. The summed E-state index contributed by atoms with van der Waals surface area (Å²) in [5.74, 6) is 2.15. The van der Waals surface area contributed by atoms with Crippen LogP contribution in [-0.4, -0.2) is 44.9 Å². The van der Waals surface area contributed by atoms with Gasteiger partial charge in [0.15, 0.2) is 11.4 Å². The summed E-state index contributed by atoms with van der Waals surface area (Å²) in [7, 11) is 0. The molecule has 1 aliphatic heterocycles. The first-order chi connectivity index (χ1) is 13.1. The lowest BCUT2D eigenvalue weighted by Crippen LogP contribution is -2.46. The van der Waals surface area contributed by atoms with Crippen molar-refractivity contribution in [1.82, 2.24) is 19.6 Å². The third kappa shape index (κ3) is 2.66. The molecule has 1 aromatic carbocycles. The van der Waals surface area contributed by atoms with Crippen molar-refractivity contribution < 1.29 is 9.15 Å². The molecule has 27 heavy (non-hydrogen) atoms. The van der Waals surface area contributed by atoms with Gasteiger partial charge in [-0.05, 0) is 45.0 Å². The Balaban J connectivity index is 1.81. The van der Waals surface area contributed by atoms with Crippen molar-refractivity contribution in [2.24, 2.45) is 0 Å². The van der Waals surface area contributed by atoms with Gasteiger partial charge >= 0.3 is 0 Å². The highest BCUT2D eigenvalue weighted by Gasteiger charge is 2.27. The van der Waals surface area contributed by atoms with Gasteiger partial charge in [0, 0.05) is 18.5 Å². The third-order valence-electron chi connectivity index (χ3n) is 4.92. The Bertz CT molecular complexity index is 1110. The number of aryl methyl sites for hydroxylation is 1. The van der Waals surface area contributed by atoms with Crippen LogP contribution in [0.4, 0.5) is 5.95 Å². The van der Waals surface area contributed by atoms with Crippen LogP contribution >= 0.6 is 0 Å². The molecular weight excluding hydrogens is 342 g/mol. The topological polar surface area (TPSA) is 68.7 Å². The number of benzene rings is 1. The molecule has 0 spiro atoms. The molecule has 0 bridgehead atoms. The second-order valence-corrected chi connectivity index (χ2v) is 7.25. The minimum absolute atomic E-state index is 0.128. The molecule has 2 unspecified atom stereocenters. The van der Waals surface area contributed by atoms with E-state index in [9.17, 15) is 0 Å². The Labute approximate surface area is 156 Å². The molecule has 1 aliphatic rings. The molecule has 7 nitrogen and oxygen atoms in total. The molecule has 4 heterocycles. The number of nitrogens with zero attached hydrogens (tertiary/aromatic N) is 5. The first-order valence-electron chi connectivity index (χ1n) is 9.20. The van der Waals surface area contributed by atoms with Crippen molar-refractivity contribution >= 4 is 22.5 Å². The van der Waals surface area contributed by atoms with E-state index in [0.717, 1.165) is 41.2 Å². The number of rotatable bonds is 2. The van der Waals surface area contributed by atoms with Gasteiger partial charge < -0.3 is 14.1 Å². The van der Waals surface area contributed by atoms with Gasteiger partial charge in [0.05, 0.1) is 24.0 Å². The number of ether oxygens (including phenoxy) is 1.